The molecular formula is C20H30O3. The Hall–Kier alpha value is -0.930. The minimum Gasteiger partial charge on any atom is -0.389 e. The van der Waals surface area contributed by atoms with E-state index in [9.17, 15) is 9.90 Å². The topological polar surface area (TPSA) is 49.8 Å². The van der Waals surface area contributed by atoms with E-state index in [0.29, 0.717) is 0 Å². The van der Waals surface area contributed by atoms with Crippen molar-refractivity contribution in [2.75, 3.05) is 0 Å². The van der Waals surface area contributed by atoms with E-state index in [4.69, 9.17) is 4.74 Å². The van der Waals surface area contributed by atoms with Gasteiger partial charge in [-0.05, 0) is 68.4 Å². The third-order valence-electron chi connectivity index (χ3n) is 6.96. The standard InChI is InChI=1S/C20H30O3/c1-12-7-6-9-20(5)18(23-20)17(22)15-11-16(21)14(3)19(4,10-8-12)13(15)2/h7,11,13-14,16,18,21H,6,8-10H2,1-5H3/b12-7+. The van der Waals surface area contributed by atoms with Gasteiger partial charge in [-0.1, -0.05) is 32.4 Å². The highest BCUT2D eigenvalue weighted by Crippen LogP contribution is 2.52. The van der Waals surface area contributed by atoms with Crippen LogP contribution in [0.5, 0.6) is 0 Å². The van der Waals surface area contributed by atoms with E-state index in [0.717, 1.165) is 31.3 Å². The number of rotatable bonds is 0. The molecule has 3 aliphatic rings. The molecule has 0 aromatic carbocycles. The van der Waals surface area contributed by atoms with Gasteiger partial charge in [0, 0.05) is 0 Å². The molecule has 6 atom stereocenters. The van der Waals surface area contributed by atoms with Gasteiger partial charge in [0.2, 0.25) is 0 Å². The van der Waals surface area contributed by atoms with Crippen molar-refractivity contribution < 1.29 is 14.6 Å². The van der Waals surface area contributed by atoms with Crippen molar-refractivity contribution in [2.24, 2.45) is 17.3 Å². The van der Waals surface area contributed by atoms with Gasteiger partial charge >= 0.3 is 0 Å². The van der Waals surface area contributed by atoms with Crippen LogP contribution in [0.25, 0.3) is 0 Å². The lowest BCUT2D eigenvalue weighted by atomic mass is 9.58. The van der Waals surface area contributed by atoms with Gasteiger partial charge in [-0.2, -0.15) is 0 Å². The molecule has 1 fully saturated rings. The third kappa shape index (κ3) is 2.72. The highest BCUT2D eigenvalue weighted by atomic mass is 16.6. The number of carbonyl (C=O) groups excluding carboxylic acids is 1. The lowest BCUT2D eigenvalue weighted by Gasteiger charge is -2.47. The summed E-state index contributed by atoms with van der Waals surface area (Å²) in [6.45, 7) is 10.7. The van der Waals surface area contributed by atoms with Crippen LogP contribution >= 0.6 is 0 Å². The number of Topliss-reactive ketones (excluding diaryl/α,β-unsaturated/α-hetero) is 1. The molecule has 3 nitrogen and oxygen atoms in total. The summed E-state index contributed by atoms with van der Waals surface area (Å²) in [5, 5.41) is 10.5. The van der Waals surface area contributed by atoms with Gasteiger partial charge < -0.3 is 9.84 Å². The minimum absolute atomic E-state index is 0.0707. The molecular weight excluding hydrogens is 288 g/mol. The summed E-state index contributed by atoms with van der Waals surface area (Å²) in [5.74, 6) is 0.392. The van der Waals surface area contributed by atoms with Gasteiger partial charge in [-0.15, -0.1) is 0 Å². The Morgan fingerprint density at radius 2 is 1.96 bits per heavy atom. The first-order valence-electron chi connectivity index (χ1n) is 8.96. The third-order valence-corrected chi connectivity index (χ3v) is 6.96. The molecule has 1 N–H and O–H groups in total. The summed E-state index contributed by atoms with van der Waals surface area (Å²) < 4.78 is 5.80. The second-order valence-electron chi connectivity index (χ2n) is 8.39. The molecule has 1 saturated heterocycles. The zero-order valence-electron chi connectivity index (χ0n) is 15.1. The highest BCUT2D eigenvalue weighted by Gasteiger charge is 2.58. The van der Waals surface area contributed by atoms with Crippen molar-refractivity contribution in [3.8, 4) is 0 Å². The average Bonchev–Trinajstić information content (AvgIpc) is 3.17. The van der Waals surface area contributed by atoms with Gasteiger partial charge in [0.05, 0.1) is 6.10 Å². The van der Waals surface area contributed by atoms with Crippen molar-refractivity contribution in [3.05, 3.63) is 23.3 Å². The van der Waals surface area contributed by atoms with Crippen LogP contribution in [0.1, 0.15) is 60.3 Å². The number of aliphatic hydroxyl groups is 1. The fraction of sp³-hybridized carbons (Fsp3) is 0.750. The van der Waals surface area contributed by atoms with Gasteiger partial charge in [0.15, 0.2) is 5.78 Å². The molecule has 3 heteroatoms. The van der Waals surface area contributed by atoms with Gasteiger partial charge in [-0.25, -0.2) is 0 Å². The number of allylic oxidation sites excluding steroid dienone is 2. The average molecular weight is 318 g/mol. The number of ether oxygens (including phenoxy) is 1. The second-order valence-corrected chi connectivity index (χ2v) is 8.39. The summed E-state index contributed by atoms with van der Waals surface area (Å²) in [5.41, 5.74) is 1.80. The minimum atomic E-state index is -0.549. The molecule has 1 aliphatic heterocycles. The smallest absolute Gasteiger partial charge is 0.190 e. The van der Waals surface area contributed by atoms with Crippen molar-refractivity contribution in [1.29, 1.82) is 0 Å². The zero-order valence-corrected chi connectivity index (χ0v) is 15.1. The molecule has 23 heavy (non-hydrogen) atoms. The van der Waals surface area contributed by atoms with Crippen molar-refractivity contribution >= 4 is 5.78 Å². The lowest BCUT2D eigenvalue weighted by Crippen LogP contribution is -2.45. The van der Waals surface area contributed by atoms with E-state index in [1.54, 1.807) is 6.08 Å². The zero-order chi connectivity index (χ0) is 17.0. The molecule has 0 aromatic heterocycles. The molecule has 3 rings (SSSR count). The number of ketones is 1. The summed E-state index contributed by atoms with van der Waals surface area (Å²) in [6, 6.07) is 0. The van der Waals surface area contributed by atoms with E-state index in [1.807, 2.05) is 6.92 Å². The summed E-state index contributed by atoms with van der Waals surface area (Å²) in [4.78, 5) is 13.0. The van der Waals surface area contributed by atoms with Crippen molar-refractivity contribution in [1.82, 2.24) is 0 Å². The van der Waals surface area contributed by atoms with Gasteiger partial charge in [0.25, 0.3) is 0 Å². The van der Waals surface area contributed by atoms with E-state index in [-0.39, 0.29) is 34.7 Å². The Kier molecular flexibility index (Phi) is 4.09. The molecule has 1 heterocycles. The van der Waals surface area contributed by atoms with E-state index in [1.165, 1.54) is 5.57 Å². The number of epoxide rings is 1. The maximum atomic E-state index is 13.0. The lowest BCUT2D eigenvalue weighted by molar-refractivity contribution is -0.118. The van der Waals surface area contributed by atoms with Crippen LogP contribution in [0.15, 0.2) is 23.3 Å². The van der Waals surface area contributed by atoms with Gasteiger partial charge in [0.1, 0.15) is 11.7 Å². The Morgan fingerprint density at radius 1 is 1.26 bits per heavy atom. The number of fused-ring (bicyclic) bond motifs is 3. The van der Waals surface area contributed by atoms with Crippen LogP contribution in [0, 0.1) is 17.3 Å². The molecule has 0 radical (unpaired) electrons. The quantitative estimate of drug-likeness (QED) is 0.546. The molecule has 6 unspecified atom stereocenters. The predicted molar refractivity (Wildman–Crippen MR) is 91.0 cm³/mol. The first kappa shape index (κ1) is 16.9. The second kappa shape index (κ2) is 5.56. The number of carbonyl (C=O) groups is 1. The summed E-state index contributed by atoms with van der Waals surface area (Å²) >= 11 is 0. The molecule has 2 bridgehead atoms. The number of hydrogen-bond acceptors (Lipinski definition) is 3. The molecule has 0 saturated carbocycles. The molecule has 0 aromatic rings. The van der Waals surface area contributed by atoms with Crippen molar-refractivity contribution in [3.63, 3.8) is 0 Å². The van der Waals surface area contributed by atoms with Crippen LogP contribution in [0.3, 0.4) is 0 Å². The fourth-order valence-corrected chi connectivity index (χ4v) is 4.43. The van der Waals surface area contributed by atoms with E-state index in [2.05, 4.69) is 33.8 Å². The Labute approximate surface area is 139 Å². The Balaban J connectivity index is 2.01. The van der Waals surface area contributed by atoms with Crippen LogP contribution in [0.2, 0.25) is 0 Å². The van der Waals surface area contributed by atoms with E-state index < -0.39 is 6.10 Å². The monoisotopic (exact) mass is 318 g/mol. The SMILES string of the molecule is C/C1=C\CCC2(C)OC2C(=O)C2=CC(O)C(C)C(C)(CC1)C2C. The van der Waals surface area contributed by atoms with Crippen LogP contribution in [-0.2, 0) is 9.53 Å². The first-order chi connectivity index (χ1) is 10.7. The Morgan fingerprint density at radius 3 is 2.65 bits per heavy atom. The predicted octanol–water partition coefficient (Wildman–Crippen LogP) is 3.81. The molecule has 0 spiro atoms. The van der Waals surface area contributed by atoms with Crippen LogP contribution < -0.4 is 0 Å². The van der Waals surface area contributed by atoms with Crippen molar-refractivity contribution in [2.45, 2.75) is 78.1 Å². The molecule has 128 valence electrons. The normalized spacial score (nSPS) is 49.9. The molecule has 2 aliphatic carbocycles. The number of hydrogen-bond donors (Lipinski definition) is 1. The largest absolute Gasteiger partial charge is 0.389 e. The summed E-state index contributed by atoms with van der Waals surface area (Å²) in [6.07, 6.45) is 7.11. The van der Waals surface area contributed by atoms with E-state index >= 15 is 0 Å². The number of aliphatic hydroxyl groups excluding tert-OH is 1. The maximum absolute atomic E-state index is 13.0. The summed E-state index contributed by atoms with van der Waals surface area (Å²) in [7, 11) is 0. The first-order valence-corrected chi connectivity index (χ1v) is 8.96. The van der Waals surface area contributed by atoms with Crippen LogP contribution in [-0.4, -0.2) is 28.7 Å². The Bertz CT molecular complexity index is 575. The molecule has 0 amide bonds. The highest BCUT2D eigenvalue weighted by molar-refractivity contribution is 6.02. The van der Waals surface area contributed by atoms with Crippen LogP contribution in [0.4, 0.5) is 0 Å². The fourth-order valence-electron chi connectivity index (χ4n) is 4.43. The maximum Gasteiger partial charge on any atom is 0.190 e. The van der Waals surface area contributed by atoms with Gasteiger partial charge in [-0.3, -0.25) is 4.79 Å².